The SMILES string of the molecule is CCNC(=NCc1ccc(N2CCC(CO)CC2)cc1)NCC(=O)NC(C)(C)C. The van der Waals surface area contributed by atoms with Gasteiger partial charge in [0.05, 0.1) is 13.1 Å². The Morgan fingerprint density at radius 2 is 1.83 bits per heavy atom. The van der Waals surface area contributed by atoms with E-state index < -0.39 is 0 Å². The summed E-state index contributed by atoms with van der Waals surface area (Å²) in [7, 11) is 0. The van der Waals surface area contributed by atoms with Crippen LogP contribution < -0.4 is 20.9 Å². The maximum absolute atomic E-state index is 12.0. The number of carbonyl (C=O) groups excluding carboxylic acids is 1. The summed E-state index contributed by atoms with van der Waals surface area (Å²) in [5.41, 5.74) is 2.09. The summed E-state index contributed by atoms with van der Waals surface area (Å²) in [6.07, 6.45) is 2.09. The van der Waals surface area contributed by atoms with E-state index in [0.717, 1.165) is 38.0 Å². The summed E-state index contributed by atoms with van der Waals surface area (Å²) >= 11 is 0. The van der Waals surface area contributed by atoms with Crippen molar-refractivity contribution in [2.45, 2.75) is 52.6 Å². The number of piperidine rings is 1. The zero-order chi connectivity index (χ0) is 21.3. The molecule has 7 heteroatoms. The molecule has 1 fully saturated rings. The van der Waals surface area contributed by atoms with Crippen LogP contribution >= 0.6 is 0 Å². The molecule has 162 valence electrons. The van der Waals surface area contributed by atoms with Crippen LogP contribution in [0.2, 0.25) is 0 Å². The highest BCUT2D eigenvalue weighted by molar-refractivity contribution is 5.86. The molecule has 7 nitrogen and oxygen atoms in total. The number of benzene rings is 1. The topological polar surface area (TPSA) is 89.0 Å². The first-order valence-electron chi connectivity index (χ1n) is 10.6. The molecule has 1 heterocycles. The zero-order valence-corrected chi connectivity index (χ0v) is 18.3. The van der Waals surface area contributed by atoms with Crippen LogP contribution in [0.5, 0.6) is 0 Å². The predicted octanol–water partition coefficient (Wildman–Crippen LogP) is 1.87. The van der Waals surface area contributed by atoms with Gasteiger partial charge in [0, 0.05) is 37.5 Å². The summed E-state index contributed by atoms with van der Waals surface area (Å²) < 4.78 is 0. The van der Waals surface area contributed by atoms with Crippen molar-refractivity contribution in [2.24, 2.45) is 10.9 Å². The van der Waals surface area contributed by atoms with Crippen LogP contribution in [0.4, 0.5) is 5.69 Å². The molecule has 0 radical (unpaired) electrons. The number of carbonyl (C=O) groups is 1. The number of aliphatic imine (C=N–C) groups is 1. The number of aliphatic hydroxyl groups is 1. The third-order valence-corrected chi connectivity index (χ3v) is 4.87. The fraction of sp³-hybridized carbons (Fsp3) is 0.636. The van der Waals surface area contributed by atoms with E-state index in [0.29, 0.717) is 25.0 Å². The molecule has 1 aliphatic heterocycles. The number of hydrogen-bond acceptors (Lipinski definition) is 4. The van der Waals surface area contributed by atoms with Crippen LogP contribution in [-0.4, -0.2) is 55.3 Å². The van der Waals surface area contributed by atoms with Crippen LogP contribution in [0.1, 0.15) is 46.1 Å². The highest BCUT2D eigenvalue weighted by Gasteiger charge is 2.18. The predicted molar refractivity (Wildman–Crippen MR) is 119 cm³/mol. The van der Waals surface area contributed by atoms with Gasteiger partial charge in [0.15, 0.2) is 5.96 Å². The number of nitrogens with zero attached hydrogens (tertiary/aromatic N) is 2. The Hall–Kier alpha value is -2.28. The van der Waals surface area contributed by atoms with Gasteiger partial charge in [-0.1, -0.05) is 12.1 Å². The van der Waals surface area contributed by atoms with Crippen LogP contribution in [0, 0.1) is 5.92 Å². The van der Waals surface area contributed by atoms with E-state index in [4.69, 9.17) is 0 Å². The van der Waals surface area contributed by atoms with Crippen LogP contribution in [0.25, 0.3) is 0 Å². The lowest BCUT2D eigenvalue weighted by Crippen LogP contribution is -2.48. The lowest BCUT2D eigenvalue weighted by molar-refractivity contribution is -0.121. The first-order valence-corrected chi connectivity index (χ1v) is 10.6. The lowest BCUT2D eigenvalue weighted by atomic mass is 9.97. The average Bonchev–Trinajstić information content (AvgIpc) is 2.69. The van der Waals surface area contributed by atoms with E-state index in [-0.39, 0.29) is 18.0 Å². The molecule has 0 saturated carbocycles. The summed E-state index contributed by atoms with van der Waals surface area (Å²) in [5.74, 6) is 1.02. The fourth-order valence-electron chi connectivity index (χ4n) is 3.32. The van der Waals surface area contributed by atoms with E-state index in [1.54, 1.807) is 0 Å². The normalized spacial score (nSPS) is 15.9. The second-order valence-corrected chi connectivity index (χ2v) is 8.63. The molecular weight excluding hydrogens is 366 g/mol. The van der Waals surface area contributed by atoms with Crippen molar-refractivity contribution >= 4 is 17.6 Å². The van der Waals surface area contributed by atoms with E-state index in [1.807, 2.05) is 27.7 Å². The molecule has 4 N–H and O–H groups in total. The minimum atomic E-state index is -0.247. The van der Waals surface area contributed by atoms with Gasteiger partial charge in [0.25, 0.3) is 0 Å². The van der Waals surface area contributed by atoms with Gasteiger partial charge in [-0.05, 0) is 64.2 Å². The number of aliphatic hydroxyl groups excluding tert-OH is 1. The van der Waals surface area contributed by atoms with Gasteiger partial charge in [-0.2, -0.15) is 0 Å². The third kappa shape index (κ3) is 8.31. The molecule has 1 amide bonds. The summed E-state index contributed by atoms with van der Waals surface area (Å²) in [6.45, 7) is 11.6. The minimum Gasteiger partial charge on any atom is -0.396 e. The minimum absolute atomic E-state index is 0.0579. The number of nitrogens with one attached hydrogen (secondary N) is 3. The molecule has 0 atom stereocenters. The third-order valence-electron chi connectivity index (χ3n) is 4.87. The molecule has 1 saturated heterocycles. The second-order valence-electron chi connectivity index (χ2n) is 8.63. The Morgan fingerprint density at radius 1 is 1.17 bits per heavy atom. The average molecular weight is 404 g/mol. The quantitative estimate of drug-likeness (QED) is 0.412. The van der Waals surface area contributed by atoms with E-state index >= 15 is 0 Å². The number of anilines is 1. The summed E-state index contributed by atoms with van der Waals surface area (Å²) in [5, 5.41) is 18.5. The van der Waals surface area contributed by atoms with E-state index in [1.165, 1.54) is 5.69 Å². The molecule has 0 aromatic heterocycles. The Labute approximate surface area is 175 Å². The van der Waals surface area contributed by atoms with Gasteiger partial charge >= 0.3 is 0 Å². The second kappa shape index (κ2) is 11.0. The number of amides is 1. The van der Waals surface area contributed by atoms with E-state index in [2.05, 4.69) is 50.1 Å². The first-order chi connectivity index (χ1) is 13.8. The number of rotatable bonds is 7. The molecule has 29 heavy (non-hydrogen) atoms. The standard InChI is InChI=1S/C22H37N5O2/c1-5-23-21(25-15-20(29)26-22(2,3)4)24-14-17-6-8-19(9-7-17)27-12-10-18(16-28)11-13-27/h6-9,18,28H,5,10-16H2,1-4H3,(H,26,29)(H2,23,24,25). The maximum atomic E-state index is 12.0. The highest BCUT2D eigenvalue weighted by atomic mass is 16.3. The lowest BCUT2D eigenvalue weighted by Gasteiger charge is -2.32. The maximum Gasteiger partial charge on any atom is 0.239 e. The Balaban J connectivity index is 1.87. The Morgan fingerprint density at radius 3 is 2.38 bits per heavy atom. The smallest absolute Gasteiger partial charge is 0.239 e. The summed E-state index contributed by atoms with van der Waals surface area (Å²) in [6, 6.07) is 8.49. The molecule has 0 spiro atoms. The molecular formula is C22H37N5O2. The van der Waals surface area contributed by atoms with Crippen molar-refractivity contribution < 1.29 is 9.90 Å². The Bertz CT molecular complexity index is 659. The van der Waals surface area contributed by atoms with Crippen molar-refractivity contribution in [3.05, 3.63) is 29.8 Å². The molecule has 1 aromatic rings. The fourth-order valence-corrected chi connectivity index (χ4v) is 3.32. The number of hydrogen-bond donors (Lipinski definition) is 4. The zero-order valence-electron chi connectivity index (χ0n) is 18.3. The molecule has 2 rings (SSSR count). The Kier molecular flexibility index (Phi) is 8.76. The van der Waals surface area contributed by atoms with Gasteiger partial charge in [-0.3, -0.25) is 4.79 Å². The van der Waals surface area contributed by atoms with Crippen molar-refractivity contribution in [1.82, 2.24) is 16.0 Å². The van der Waals surface area contributed by atoms with Crippen molar-refractivity contribution in [3.8, 4) is 0 Å². The van der Waals surface area contributed by atoms with Gasteiger partial charge in [-0.25, -0.2) is 4.99 Å². The first kappa shape index (κ1) is 23.0. The van der Waals surface area contributed by atoms with Gasteiger partial charge in [-0.15, -0.1) is 0 Å². The van der Waals surface area contributed by atoms with Gasteiger partial charge < -0.3 is 26.0 Å². The largest absolute Gasteiger partial charge is 0.396 e. The monoisotopic (exact) mass is 403 g/mol. The van der Waals surface area contributed by atoms with Crippen molar-refractivity contribution in [1.29, 1.82) is 0 Å². The van der Waals surface area contributed by atoms with Crippen LogP contribution in [0.3, 0.4) is 0 Å². The molecule has 0 aliphatic carbocycles. The molecule has 1 aliphatic rings. The number of guanidine groups is 1. The van der Waals surface area contributed by atoms with E-state index in [9.17, 15) is 9.90 Å². The molecule has 0 unspecified atom stereocenters. The van der Waals surface area contributed by atoms with Crippen LogP contribution in [-0.2, 0) is 11.3 Å². The van der Waals surface area contributed by atoms with Crippen molar-refractivity contribution in [3.63, 3.8) is 0 Å². The molecule has 1 aromatic carbocycles. The van der Waals surface area contributed by atoms with Gasteiger partial charge in [0.1, 0.15) is 0 Å². The van der Waals surface area contributed by atoms with Crippen LogP contribution in [0.15, 0.2) is 29.3 Å². The highest BCUT2D eigenvalue weighted by Crippen LogP contribution is 2.23. The van der Waals surface area contributed by atoms with Gasteiger partial charge in [0.2, 0.25) is 5.91 Å². The van der Waals surface area contributed by atoms with Crippen molar-refractivity contribution in [2.75, 3.05) is 37.7 Å². The summed E-state index contributed by atoms with van der Waals surface area (Å²) in [4.78, 5) is 19.0. The molecule has 0 bridgehead atoms.